The summed E-state index contributed by atoms with van der Waals surface area (Å²) in [6, 6.07) is 17.8. The highest BCUT2D eigenvalue weighted by molar-refractivity contribution is 8.01. The molecule has 3 aromatic rings. The average Bonchev–Trinajstić information content (AvgIpc) is 3.13. The molecule has 0 saturated heterocycles. The summed E-state index contributed by atoms with van der Waals surface area (Å²) in [6.45, 7) is 2.39. The number of rotatable bonds is 9. The van der Waals surface area contributed by atoms with Crippen molar-refractivity contribution in [2.45, 2.75) is 23.8 Å². The van der Waals surface area contributed by atoms with Crippen LogP contribution in [-0.2, 0) is 6.42 Å². The number of nitrogens with one attached hydrogen (secondary N) is 1. The summed E-state index contributed by atoms with van der Waals surface area (Å²) < 4.78 is 6.37. The van der Waals surface area contributed by atoms with E-state index in [1.807, 2.05) is 42.5 Å². The smallest absolute Gasteiger partial charge is 0.210 e. The predicted molar refractivity (Wildman–Crippen MR) is 108 cm³/mol. The summed E-state index contributed by atoms with van der Waals surface area (Å²) in [5, 5.41) is 22.4. The van der Waals surface area contributed by atoms with Gasteiger partial charge in [0, 0.05) is 11.4 Å². The first-order valence-corrected chi connectivity index (χ1v) is 10.2. The highest BCUT2D eigenvalue weighted by Crippen LogP contribution is 2.28. The van der Waals surface area contributed by atoms with Gasteiger partial charge in [0.25, 0.3) is 0 Å². The number of aromatic nitrogens is 2. The Kier molecular flexibility index (Phi) is 6.88. The van der Waals surface area contributed by atoms with E-state index in [1.165, 1.54) is 28.7 Å². The van der Waals surface area contributed by atoms with E-state index < -0.39 is 6.10 Å². The third kappa shape index (κ3) is 5.72. The number of aliphatic hydroxyl groups excluding tert-OH is 1. The van der Waals surface area contributed by atoms with E-state index >= 15 is 0 Å². The summed E-state index contributed by atoms with van der Waals surface area (Å²) in [6.07, 6.45) is 0.457. The summed E-state index contributed by atoms with van der Waals surface area (Å²) in [4.78, 5) is 0. The van der Waals surface area contributed by atoms with Gasteiger partial charge in [0.2, 0.25) is 5.13 Å². The Bertz CT molecular complexity index is 794. The Morgan fingerprint density at radius 3 is 2.62 bits per heavy atom. The first-order valence-electron chi connectivity index (χ1n) is 8.41. The molecule has 0 saturated carbocycles. The van der Waals surface area contributed by atoms with Crippen molar-refractivity contribution in [1.29, 1.82) is 0 Å². The number of hydrogen-bond donors (Lipinski definition) is 2. The number of para-hydroxylation sites is 1. The van der Waals surface area contributed by atoms with E-state index in [0.717, 1.165) is 27.3 Å². The van der Waals surface area contributed by atoms with Crippen molar-refractivity contribution in [3.63, 3.8) is 0 Å². The van der Waals surface area contributed by atoms with Gasteiger partial charge in [-0.05, 0) is 36.2 Å². The molecule has 3 rings (SSSR count). The number of aliphatic hydroxyl groups is 1. The second-order valence-corrected chi connectivity index (χ2v) is 7.88. The van der Waals surface area contributed by atoms with Crippen LogP contribution in [0.5, 0.6) is 5.75 Å². The fourth-order valence-electron chi connectivity index (χ4n) is 2.19. The average molecular weight is 388 g/mol. The van der Waals surface area contributed by atoms with Crippen molar-refractivity contribution in [3.8, 4) is 5.75 Å². The minimum Gasteiger partial charge on any atom is -0.491 e. The second kappa shape index (κ2) is 9.56. The molecule has 2 N–H and O–H groups in total. The third-order valence-electron chi connectivity index (χ3n) is 3.60. The lowest BCUT2D eigenvalue weighted by Gasteiger charge is -2.10. The number of anilines is 2. The predicted octanol–water partition coefficient (Wildman–Crippen LogP) is 4.38. The van der Waals surface area contributed by atoms with E-state index in [0.29, 0.717) is 5.75 Å². The Labute approximate surface area is 161 Å². The fourth-order valence-corrected chi connectivity index (χ4v) is 3.89. The number of ether oxygens (including phenoxy) is 1. The van der Waals surface area contributed by atoms with Crippen LogP contribution in [-0.4, -0.2) is 33.8 Å². The van der Waals surface area contributed by atoms with Crippen LogP contribution >= 0.6 is 23.1 Å². The quantitative estimate of drug-likeness (QED) is 0.531. The third-order valence-corrected chi connectivity index (χ3v) is 5.72. The molecule has 0 radical (unpaired) electrons. The summed E-state index contributed by atoms with van der Waals surface area (Å²) in [7, 11) is 0. The molecular weight excluding hydrogens is 366 g/mol. The molecule has 0 fully saturated rings. The molecule has 0 aliphatic heterocycles. The minimum atomic E-state index is -0.567. The Hall–Kier alpha value is -2.09. The van der Waals surface area contributed by atoms with Crippen molar-refractivity contribution in [3.05, 3.63) is 60.2 Å². The van der Waals surface area contributed by atoms with Crippen molar-refractivity contribution >= 4 is 33.9 Å². The van der Waals surface area contributed by atoms with Gasteiger partial charge in [0.05, 0.1) is 6.10 Å². The molecule has 0 spiro atoms. The minimum absolute atomic E-state index is 0.255. The summed E-state index contributed by atoms with van der Waals surface area (Å²) >= 11 is 2.95. The van der Waals surface area contributed by atoms with Crippen LogP contribution in [0, 0.1) is 0 Å². The van der Waals surface area contributed by atoms with Gasteiger partial charge in [-0.15, -0.1) is 10.2 Å². The number of nitrogens with zero attached hydrogens (tertiary/aromatic N) is 2. The molecule has 1 aromatic heterocycles. The fraction of sp³-hybridized carbons (Fsp3) is 0.263. The van der Waals surface area contributed by atoms with Gasteiger partial charge in [-0.2, -0.15) is 0 Å². The van der Waals surface area contributed by atoms with Crippen molar-refractivity contribution in [1.82, 2.24) is 10.2 Å². The van der Waals surface area contributed by atoms with E-state index in [9.17, 15) is 5.11 Å². The van der Waals surface area contributed by atoms with Crippen molar-refractivity contribution < 1.29 is 9.84 Å². The topological polar surface area (TPSA) is 67.3 Å². The summed E-state index contributed by atoms with van der Waals surface area (Å²) in [5.41, 5.74) is 2.29. The van der Waals surface area contributed by atoms with Crippen LogP contribution in [0.2, 0.25) is 0 Å². The molecule has 0 unspecified atom stereocenters. The normalized spacial score (nSPS) is 11.9. The maximum atomic E-state index is 10.1. The highest BCUT2D eigenvalue weighted by Gasteiger charge is 2.10. The molecule has 1 atom stereocenters. The van der Waals surface area contributed by atoms with Gasteiger partial charge in [-0.3, -0.25) is 0 Å². The van der Waals surface area contributed by atoms with Gasteiger partial charge >= 0.3 is 0 Å². The molecular formula is C19H21N3O2S2. The van der Waals surface area contributed by atoms with Crippen LogP contribution in [0.3, 0.4) is 0 Å². The van der Waals surface area contributed by atoms with Crippen LogP contribution in [0.4, 0.5) is 10.8 Å². The van der Waals surface area contributed by atoms with Crippen molar-refractivity contribution in [2.75, 3.05) is 17.7 Å². The van der Waals surface area contributed by atoms with Crippen LogP contribution < -0.4 is 10.1 Å². The molecule has 5 nitrogen and oxygen atoms in total. The molecule has 2 aromatic carbocycles. The van der Waals surface area contributed by atoms with Gasteiger partial charge in [-0.25, -0.2) is 0 Å². The van der Waals surface area contributed by atoms with Crippen LogP contribution in [0.25, 0.3) is 0 Å². The van der Waals surface area contributed by atoms with Gasteiger partial charge in [0.1, 0.15) is 12.4 Å². The zero-order valence-corrected chi connectivity index (χ0v) is 16.1. The largest absolute Gasteiger partial charge is 0.491 e. The van der Waals surface area contributed by atoms with Crippen molar-refractivity contribution in [2.24, 2.45) is 0 Å². The maximum Gasteiger partial charge on any atom is 0.210 e. The van der Waals surface area contributed by atoms with E-state index in [2.05, 4.69) is 34.6 Å². The van der Waals surface area contributed by atoms with Crippen LogP contribution in [0.15, 0.2) is 58.9 Å². The molecule has 26 heavy (non-hydrogen) atoms. The molecule has 136 valence electrons. The first-order chi connectivity index (χ1) is 12.7. The SMILES string of the molecule is CCc1ccc(Nc2nnc(SC[C@H](O)COc3ccccc3)s2)cc1. The Morgan fingerprint density at radius 2 is 1.88 bits per heavy atom. The zero-order valence-electron chi connectivity index (χ0n) is 14.5. The van der Waals surface area contributed by atoms with Crippen LogP contribution in [0.1, 0.15) is 12.5 Å². The molecule has 0 bridgehead atoms. The molecule has 0 amide bonds. The first kappa shape index (κ1) is 18.7. The van der Waals surface area contributed by atoms with Gasteiger partial charge < -0.3 is 15.2 Å². The van der Waals surface area contributed by atoms with E-state index in [-0.39, 0.29) is 6.61 Å². The lowest BCUT2D eigenvalue weighted by atomic mass is 10.1. The van der Waals surface area contributed by atoms with Gasteiger partial charge in [-0.1, -0.05) is 60.4 Å². The number of hydrogen-bond acceptors (Lipinski definition) is 7. The molecule has 0 aliphatic rings. The molecule has 1 heterocycles. The number of aryl methyl sites for hydroxylation is 1. The lowest BCUT2D eigenvalue weighted by molar-refractivity contribution is 0.126. The van der Waals surface area contributed by atoms with Gasteiger partial charge in [0.15, 0.2) is 4.34 Å². The molecule has 7 heteroatoms. The van der Waals surface area contributed by atoms with E-state index in [4.69, 9.17) is 4.74 Å². The second-order valence-electron chi connectivity index (χ2n) is 5.64. The lowest BCUT2D eigenvalue weighted by Crippen LogP contribution is -2.19. The number of thioether (sulfide) groups is 1. The highest BCUT2D eigenvalue weighted by atomic mass is 32.2. The zero-order chi connectivity index (χ0) is 18.2. The number of benzene rings is 2. The Morgan fingerprint density at radius 1 is 1.12 bits per heavy atom. The maximum absolute atomic E-state index is 10.1. The Balaban J connectivity index is 1.44. The monoisotopic (exact) mass is 387 g/mol. The standard InChI is InChI=1S/C19H21N3O2S2/c1-2-14-8-10-15(11-9-14)20-18-21-22-19(26-18)25-13-16(23)12-24-17-6-4-3-5-7-17/h3-11,16,23H,2,12-13H2,1H3,(H,20,21)/t16-/m1/s1. The van der Waals surface area contributed by atoms with E-state index in [1.54, 1.807) is 0 Å². The molecule has 0 aliphatic carbocycles. The summed E-state index contributed by atoms with van der Waals surface area (Å²) in [5.74, 6) is 1.26.